The molecule has 0 saturated heterocycles. The van der Waals surface area contributed by atoms with Gasteiger partial charge in [-0.1, -0.05) is 72.8 Å². The van der Waals surface area contributed by atoms with E-state index in [9.17, 15) is 21.6 Å². The van der Waals surface area contributed by atoms with Gasteiger partial charge in [-0.25, -0.2) is 26.8 Å². The SMILES string of the molecule is COc1ccc(CN(Cc2ccc(OC)cc2)S(=O)(=O)c2ccn(C(C)(C)C(=O)N(C)CCOc3cc(-c4ccc5c(c4N)CCC5)ccn3)n2)cc1.COc1ccc(CN(Cc2ccc(OC)cc2)S(=O)(=O)c2ccn(C(C)(C)CN(C)CCOc3cc(-c4ccc5c(c4N)CCC5)ccn3)n2)cc1. The number of hydrogen-bond donors (Lipinski definition) is 2. The predicted molar refractivity (Wildman–Crippen MR) is 406 cm³/mol. The van der Waals surface area contributed by atoms with Gasteiger partial charge in [0.15, 0.2) is 10.1 Å². The molecule has 0 unspecified atom stereocenters. The van der Waals surface area contributed by atoms with Gasteiger partial charge in [0.25, 0.3) is 20.0 Å². The number of methoxy groups -OCH3 is 4. The van der Waals surface area contributed by atoms with Crippen LogP contribution in [0, 0.1) is 0 Å². The molecule has 23 nitrogen and oxygen atoms in total. The van der Waals surface area contributed by atoms with E-state index >= 15 is 0 Å². The summed E-state index contributed by atoms with van der Waals surface area (Å²) in [5.41, 5.74) is 25.3. The molecular weight excluding hydrogens is 1370 g/mol. The Morgan fingerprint density at radius 3 is 1.25 bits per heavy atom. The lowest BCUT2D eigenvalue weighted by Crippen LogP contribution is -2.46. The molecule has 0 fully saturated rings. The topological polar surface area (TPSA) is 267 Å². The third-order valence-electron chi connectivity index (χ3n) is 19.3. The lowest BCUT2D eigenvalue weighted by molar-refractivity contribution is -0.138. The van der Waals surface area contributed by atoms with Crippen LogP contribution in [0.1, 0.15) is 85.0 Å². The van der Waals surface area contributed by atoms with Crippen LogP contribution < -0.4 is 39.9 Å². The highest BCUT2D eigenvalue weighted by Crippen LogP contribution is 2.38. The summed E-state index contributed by atoms with van der Waals surface area (Å²) in [4.78, 5) is 26.2. The van der Waals surface area contributed by atoms with Crippen LogP contribution in [0.4, 0.5) is 11.4 Å². The average Bonchev–Trinajstić information content (AvgIpc) is 1.69. The molecule has 6 aromatic carbocycles. The van der Waals surface area contributed by atoms with E-state index < -0.39 is 31.1 Å². The van der Waals surface area contributed by atoms with E-state index in [4.69, 9.17) is 39.9 Å². The van der Waals surface area contributed by atoms with E-state index in [0.29, 0.717) is 54.5 Å². The maximum Gasteiger partial charge on any atom is 0.262 e. The summed E-state index contributed by atoms with van der Waals surface area (Å²) in [6.45, 7) is 10.1. The van der Waals surface area contributed by atoms with Crippen LogP contribution in [-0.2, 0) is 87.8 Å². The molecule has 0 bridgehead atoms. The fourth-order valence-corrected chi connectivity index (χ4v) is 15.9. The van der Waals surface area contributed by atoms with Crippen LogP contribution in [0.2, 0.25) is 0 Å². The van der Waals surface area contributed by atoms with Gasteiger partial charge < -0.3 is 49.7 Å². The Bertz CT molecular complexity index is 4760. The van der Waals surface area contributed by atoms with Crippen molar-refractivity contribution in [1.82, 2.24) is 47.9 Å². The van der Waals surface area contributed by atoms with E-state index in [0.717, 1.165) is 94.4 Å². The molecule has 0 radical (unpaired) electrons. The molecule has 4 heterocycles. The number of amides is 1. The van der Waals surface area contributed by atoms with Gasteiger partial charge >= 0.3 is 0 Å². The minimum atomic E-state index is -4.11. The Labute approximate surface area is 616 Å². The van der Waals surface area contributed by atoms with Crippen LogP contribution in [0.15, 0.2) is 193 Å². The molecule has 0 saturated carbocycles. The van der Waals surface area contributed by atoms with Crippen molar-refractivity contribution in [2.45, 2.75) is 114 Å². The lowest BCUT2D eigenvalue weighted by atomic mass is 9.98. The zero-order chi connectivity index (χ0) is 74.6. The van der Waals surface area contributed by atoms with Gasteiger partial charge in [-0.15, -0.1) is 0 Å². The first-order valence-electron chi connectivity index (χ1n) is 34.9. The summed E-state index contributed by atoms with van der Waals surface area (Å²) in [5.74, 6) is 3.44. The Kier molecular flexibility index (Phi) is 24.0. The van der Waals surface area contributed by atoms with Gasteiger partial charge in [0.1, 0.15) is 41.8 Å². The smallest absolute Gasteiger partial charge is 0.262 e. The van der Waals surface area contributed by atoms with Crippen LogP contribution in [0.5, 0.6) is 34.8 Å². The van der Waals surface area contributed by atoms with Crippen molar-refractivity contribution in [3.8, 4) is 57.0 Å². The number of rotatable bonds is 31. The Hall–Kier alpha value is -10.3. The number of likely N-dealkylation sites (N-methyl/N-ethyl adjacent to an activating group) is 2. The highest BCUT2D eigenvalue weighted by molar-refractivity contribution is 7.89. The lowest BCUT2D eigenvalue weighted by Gasteiger charge is -2.30. The van der Waals surface area contributed by atoms with Crippen LogP contribution >= 0.6 is 0 Å². The van der Waals surface area contributed by atoms with Crippen LogP contribution in [0.25, 0.3) is 22.3 Å². The molecule has 105 heavy (non-hydrogen) atoms. The van der Waals surface area contributed by atoms with Crippen molar-refractivity contribution in [2.24, 2.45) is 0 Å². The number of nitrogen functional groups attached to an aromatic ring is 2. The summed E-state index contributed by atoms with van der Waals surface area (Å²) >= 11 is 0. The first-order valence-corrected chi connectivity index (χ1v) is 37.8. The number of carbonyl (C=O) groups is 1. The monoisotopic (exact) mass is 1460 g/mol. The van der Waals surface area contributed by atoms with Crippen molar-refractivity contribution < 1.29 is 50.1 Å². The molecule has 2 aliphatic rings. The second-order valence-electron chi connectivity index (χ2n) is 27.5. The molecule has 552 valence electrons. The van der Waals surface area contributed by atoms with Crippen molar-refractivity contribution in [3.63, 3.8) is 0 Å². The Balaban J connectivity index is 0.000000210. The maximum absolute atomic E-state index is 14.2. The molecule has 4 aromatic heterocycles. The third-order valence-corrected chi connectivity index (χ3v) is 22.6. The predicted octanol–water partition coefficient (Wildman–Crippen LogP) is 11.9. The summed E-state index contributed by atoms with van der Waals surface area (Å²) in [6, 6.07) is 48.4. The van der Waals surface area contributed by atoms with Crippen molar-refractivity contribution in [1.29, 1.82) is 0 Å². The van der Waals surface area contributed by atoms with Crippen molar-refractivity contribution >= 4 is 37.3 Å². The normalized spacial score (nSPS) is 12.9. The molecule has 10 aromatic rings. The number of nitrogens with two attached hydrogens (primary N) is 2. The molecule has 25 heteroatoms. The molecule has 12 rings (SSSR count). The number of nitrogens with zero attached hydrogens (tertiary/aromatic N) is 10. The van der Waals surface area contributed by atoms with Gasteiger partial charge in [0.2, 0.25) is 17.7 Å². The number of ether oxygens (including phenoxy) is 6. The Morgan fingerprint density at radius 2 is 0.857 bits per heavy atom. The summed E-state index contributed by atoms with van der Waals surface area (Å²) in [6.07, 6.45) is 13.1. The number of pyridine rings is 2. The van der Waals surface area contributed by atoms with E-state index in [-0.39, 0.29) is 55.3 Å². The number of sulfonamides is 2. The number of benzene rings is 6. The standard InChI is InChI=1S/C40H46N6O6S.C40H48N6O5S/c1-40(2,39(47)44(3)23-24-52-36-25-31(19-21-42-36)35-18-13-30-7-6-8-34(30)38(35)41)46-22-20-37(43-46)53(48,49)45(26-28-9-14-32(50-4)15-10-28)27-29-11-16-33(51-5)17-12-29;1-40(2,28-44(3)23-24-51-37-25-32(19-21-42-37)36-18-13-31-7-6-8-35(31)39(36)41)46-22-20-38(43-46)52(47,48)45(26-29-9-14-33(49-4)15-10-29)27-30-11-16-34(50-5)17-12-30/h9-22,25H,6-8,23-24,26-27,41H2,1-5H3;9-22,25H,6-8,23-24,26-28,41H2,1-5H3. The minimum absolute atomic E-state index is 0.0106. The van der Waals surface area contributed by atoms with E-state index in [1.54, 1.807) is 103 Å². The molecule has 4 N–H and O–H groups in total. The average molecular weight is 1460 g/mol. The fourth-order valence-electron chi connectivity index (χ4n) is 13.3. The third kappa shape index (κ3) is 18.1. The quantitative estimate of drug-likeness (QED) is 0.0382. The van der Waals surface area contributed by atoms with E-state index in [1.807, 2.05) is 118 Å². The first-order chi connectivity index (χ1) is 50.4. The first kappa shape index (κ1) is 75.8. The molecule has 0 atom stereocenters. The van der Waals surface area contributed by atoms with Crippen molar-refractivity contribution in [3.05, 3.63) is 227 Å². The highest BCUT2D eigenvalue weighted by atomic mass is 32.2. The molecule has 1 amide bonds. The number of aryl methyl sites for hydroxylation is 2. The number of fused-ring (bicyclic) bond motifs is 2. The molecule has 0 aliphatic heterocycles. The van der Waals surface area contributed by atoms with E-state index in [2.05, 4.69) is 49.3 Å². The fraction of sp³-hybridized carbons (Fsp3) is 0.338. The summed E-state index contributed by atoms with van der Waals surface area (Å²) in [7, 11) is 1.95. The minimum Gasteiger partial charge on any atom is -0.497 e. The largest absolute Gasteiger partial charge is 0.497 e. The summed E-state index contributed by atoms with van der Waals surface area (Å²) < 4.78 is 95.8. The molecule has 2 aliphatic carbocycles. The van der Waals surface area contributed by atoms with Crippen LogP contribution in [0.3, 0.4) is 0 Å². The zero-order valence-electron chi connectivity index (χ0n) is 61.4. The Morgan fingerprint density at radius 1 is 0.486 bits per heavy atom. The van der Waals surface area contributed by atoms with Gasteiger partial charge in [-0.3, -0.25) is 14.2 Å². The zero-order valence-corrected chi connectivity index (χ0v) is 63.0. The molecular formula is C80H94N12O11S2. The number of hydrogen-bond acceptors (Lipinski definition) is 18. The number of anilines is 2. The molecule has 0 spiro atoms. The van der Waals surface area contributed by atoms with E-state index in [1.165, 1.54) is 52.7 Å². The maximum atomic E-state index is 14.2. The second kappa shape index (κ2) is 33.2. The van der Waals surface area contributed by atoms with Gasteiger partial charge in [0.05, 0.1) is 40.5 Å². The summed E-state index contributed by atoms with van der Waals surface area (Å²) in [5, 5.41) is 8.91. The van der Waals surface area contributed by atoms with Gasteiger partial charge in [-0.2, -0.15) is 18.8 Å². The van der Waals surface area contributed by atoms with Crippen molar-refractivity contribution in [2.75, 3.05) is 86.8 Å². The van der Waals surface area contributed by atoms with Crippen LogP contribution in [-0.4, -0.2) is 146 Å². The number of aromatic nitrogens is 6. The highest BCUT2D eigenvalue weighted by Gasteiger charge is 2.37. The number of carbonyl (C=O) groups excluding carboxylic acids is 1. The van der Waals surface area contributed by atoms with Gasteiger partial charge in [0, 0.05) is 106 Å². The van der Waals surface area contributed by atoms with Gasteiger partial charge in [-0.05, 0) is 202 Å². The second-order valence-corrected chi connectivity index (χ2v) is 31.2.